The molecule has 4 heterocycles. The third-order valence-electron chi connectivity index (χ3n) is 8.33. The summed E-state index contributed by atoms with van der Waals surface area (Å²) in [5.74, 6) is 1.58. The maximum Gasteiger partial charge on any atom is 0.275 e. The minimum absolute atomic E-state index is 0.0724. The molecule has 0 N–H and O–H groups in total. The van der Waals surface area contributed by atoms with Gasteiger partial charge in [0, 0.05) is 42.2 Å². The van der Waals surface area contributed by atoms with Gasteiger partial charge < -0.3 is 9.47 Å². The van der Waals surface area contributed by atoms with Gasteiger partial charge in [0.2, 0.25) is 5.91 Å². The number of fused-ring (bicyclic) bond motifs is 2. The molecule has 1 saturated carbocycles. The van der Waals surface area contributed by atoms with Crippen LogP contribution in [0.3, 0.4) is 0 Å². The first kappa shape index (κ1) is 23.8. The number of hydrogen-bond acceptors (Lipinski definition) is 5. The zero-order valence-corrected chi connectivity index (χ0v) is 21.7. The maximum atomic E-state index is 13.4. The van der Waals surface area contributed by atoms with Crippen molar-refractivity contribution < 1.29 is 4.79 Å². The predicted octanol–water partition coefficient (Wildman–Crippen LogP) is 4.94. The van der Waals surface area contributed by atoms with E-state index in [4.69, 9.17) is 4.98 Å². The largest absolute Gasteiger partial charge is 0.341 e. The van der Waals surface area contributed by atoms with Gasteiger partial charge in [-0.15, -0.1) is 0 Å². The minimum atomic E-state index is -0.241. The molecule has 2 fully saturated rings. The van der Waals surface area contributed by atoms with Crippen LogP contribution >= 0.6 is 0 Å². The van der Waals surface area contributed by atoms with E-state index < -0.39 is 0 Å². The van der Waals surface area contributed by atoms with Gasteiger partial charge in [-0.3, -0.25) is 9.59 Å². The molecule has 0 radical (unpaired) electrons. The molecule has 2 aliphatic rings. The molecular weight excluding hydrogens is 488 g/mol. The Labute approximate surface area is 225 Å². The van der Waals surface area contributed by atoms with Crippen molar-refractivity contribution in [1.29, 1.82) is 0 Å². The Morgan fingerprint density at radius 1 is 0.872 bits per heavy atom. The lowest BCUT2D eigenvalue weighted by atomic mass is 9.84. The molecule has 2 aromatic carbocycles. The molecule has 0 bridgehead atoms. The van der Waals surface area contributed by atoms with Crippen LogP contribution in [0.25, 0.3) is 33.2 Å². The van der Waals surface area contributed by atoms with Crippen molar-refractivity contribution in [2.75, 3.05) is 13.1 Å². The van der Waals surface area contributed by atoms with Crippen molar-refractivity contribution in [3.8, 4) is 11.3 Å². The summed E-state index contributed by atoms with van der Waals surface area (Å²) >= 11 is 0. The number of hydrogen-bond donors (Lipinski definition) is 0. The molecule has 1 amide bonds. The van der Waals surface area contributed by atoms with Crippen LogP contribution < -0.4 is 5.56 Å². The third-order valence-corrected chi connectivity index (χ3v) is 8.33. The van der Waals surface area contributed by atoms with E-state index in [1.54, 1.807) is 6.07 Å². The molecule has 3 aromatic heterocycles. The molecule has 8 nitrogen and oxygen atoms in total. The highest BCUT2D eigenvalue weighted by Crippen LogP contribution is 2.39. The summed E-state index contributed by atoms with van der Waals surface area (Å²) in [7, 11) is 0. The van der Waals surface area contributed by atoms with E-state index in [2.05, 4.69) is 14.6 Å². The van der Waals surface area contributed by atoms with Crippen molar-refractivity contribution in [2.45, 2.75) is 50.6 Å². The van der Waals surface area contributed by atoms with Gasteiger partial charge in [-0.1, -0.05) is 55.0 Å². The highest BCUT2D eigenvalue weighted by Gasteiger charge is 2.32. The Morgan fingerprint density at radius 3 is 2.36 bits per heavy atom. The maximum absolute atomic E-state index is 13.4. The summed E-state index contributed by atoms with van der Waals surface area (Å²) in [6.45, 7) is 1.19. The van der Waals surface area contributed by atoms with Crippen molar-refractivity contribution in [1.82, 2.24) is 29.2 Å². The summed E-state index contributed by atoms with van der Waals surface area (Å²) in [4.78, 5) is 38.2. The van der Waals surface area contributed by atoms with Crippen LogP contribution in [0, 0.1) is 0 Å². The Morgan fingerprint density at radius 2 is 1.62 bits per heavy atom. The number of piperidine rings is 1. The summed E-state index contributed by atoms with van der Waals surface area (Å²) < 4.78 is 3.68. The lowest BCUT2D eigenvalue weighted by Gasteiger charge is -2.35. The Kier molecular flexibility index (Phi) is 5.95. The van der Waals surface area contributed by atoms with E-state index in [0.717, 1.165) is 40.8 Å². The number of aromatic nitrogens is 5. The second kappa shape index (κ2) is 9.76. The fraction of sp³-hybridized carbons (Fsp3) is 0.323. The molecule has 39 heavy (non-hydrogen) atoms. The van der Waals surface area contributed by atoms with Crippen LogP contribution in [-0.2, 0) is 11.3 Å². The third kappa shape index (κ3) is 4.20. The number of imidazole rings is 1. The molecule has 1 saturated heterocycles. The lowest BCUT2D eigenvalue weighted by molar-refractivity contribution is -0.133. The van der Waals surface area contributed by atoms with Gasteiger partial charge in [0.15, 0.2) is 5.65 Å². The number of likely N-dealkylation sites (tertiary alicyclic amines) is 1. The molecule has 0 spiro atoms. The van der Waals surface area contributed by atoms with Crippen molar-refractivity contribution in [2.24, 2.45) is 0 Å². The highest BCUT2D eigenvalue weighted by molar-refractivity contribution is 5.93. The van der Waals surface area contributed by atoms with Gasteiger partial charge in [-0.05, 0) is 43.9 Å². The first-order chi connectivity index (χ1) is 19.2. The zero-order chi connectivity index (χ0) is 26.3. The van der Waals surface area contributed by atoms with Crippen LogP contribution in [0.2, 0.25) is 0 Å². The standard InChI is InChI=1S/C31H30N6O2/c38-27(20-36-31(39)25-13-5-4-12-24(25)28(34-36)21-8-2-1-3-9-21)35-18-15-23(16-19-35)37-29(22-10-6-11-22)33-26-14-7-17-32-30(26)37/h1-5,7-9,12-14,17,22-23H,6,10-11,15-16,18-20H2. The molecule has 7 rings (SSSR count). The Balaban J connectivity index is 1.13. The normalized spacial score (nSPS) is 16.6. The van der Waals surface area contributed by atoms with E-state index in [1.165, 1.54) is 23.9 Å². The number of amides is 1. The van der Waals surface area contributed by atoms with Gasteiger partial charge in [-0.2, -0.15) is 5.10 Å². The average molecular weight is 519 g/mol. The van der Waals surface area contributed by atoms with Crippen molar-refractivity contribution in [3.63, 3.8) is 0 Å². The summed E-state index contributed by atoms with van der Waals surface area (Å²) in [5.41, 5.74) is 3.28. The fourth-order valence-electron chi connectivity index (χ4n) is 6.01. The number of pyridine rings is 1. The van der Waals surface area contributed by atoms with Gasteiger partial charge in [0.05, 0.1) is 11.1 Å². The van der Waals surface area contributed by atoms with E-state index in [-0.39, 0.29) is 24.1 Å². The monoisotopic (exact) mass is 518 g/mol. The van der Waals surface area contributed by atoms with Crippen molar-refractivity contribution in [3.05, 3.63) is 89.1 Å². The van der Waals surface area contributed by atoms with E-state index >= 15 is 0 Å². The summed E-state index contributed by atoms with van der Waals surface area (Å²) in [6, 6.07) is 21.5. The molecule has 1 aliphatic carbocycles. The van der Waals surface area contributed by atoms with Crippen LogP contribution in [0.1, 0.15) is 49.9 Å². The number of carbonyl (C=O) groups is 1. The van der Waals surface area contributed by atoms with E-state index in [1.807, 2.05) is 71.8 Å². The van der Waals surface area contributed by atoms with Gasteiger partial charge in [0.1, 0.15) is 17.9 Å². The van der Waals surface area contributed by atoms with Crippen LogP contribution in [-0.4, -0.2) is 48.2 Å². The van der Waals surface area contributed by atoms with E-state index in [0.29, 0.717) is 30.1 Å². The molecule has 5 aromatic rings. The average Bonchev–Trinajstić information content (AvgIpc) is 3.33. The minimum Gasteiger partial charge on any atom is -0.341 e. The number of benzene rings is 2. The first-order valence-electron chi connectivity index (χ1n) is 13.8. The quantitative estimate of drug-likeness (QED) is 0.329. The molecular formula is C31H30N6O2. The van der Waals surface area contributed by atoms with Crippen LogP contribution in [0.5, 0.6) is 0 Å². The summed E-state index contributed by atoms with van der Waals surface area (Å²) in [6.07, 6.45) is 7.12. The number of carbonyl (C=O) groups excluding carboxylic acids is 1. The Hall–Kier alpha value is -4.33. The van der Waals surface area contributed by atoms with Crippen LogP contribution in [0.15, 0.2) is 77.7 Å². The van der Waals surface area contributed by atoms with Gasteiger partial charge in [0.25, 0.3) is 5.56 Å². The fourth-order valence-corrected chi connectivity index (χ4v) is 6.01. The molecule has 196 valence electrons. The second-order valence-corrected chi connectivity index (χ2v) is 10.6. The predicted molar refractivity (Wildman–Crippen MR) is 150 cm³/mol. The topological polar surface area (TPSA) is 85.9 Å². The SMILES string of the molecule is O=C(Cn1nc(-c2ccccc2)c2ccccc2c1=O)N1CCC(n2c(C3CCC3)nc3cccnc32)CC1. The van der Waals surface area contributed by atoms with Gasteiger partial charge in [-0.25, -0.2) is 14.6 Å². The molecule has 1 aliphatic heterocycles. The van der Waals surface area contributed by atoms with Gasteiger partial charge >= 0.3 is 0 Å². The zero-order valence-electron chi connectivity index (χ0n) is 21.7. The molecule has 8 heteroatoms. The second-order valence-electron chi connectivity index (χ2n) is 10.6. The lowest BCUT2D eigenvalue weighted by Crippen LogP contribution is -2.42. The van der Waals surface area contributed by atoms with E-state index in [9.17, 15) is 9.59 Å². The number of rotatable bonds is 5. The molecule has 0 unspecified atom stereocenters. The van der Waals surface area contributed by atoms with Crippen LogP contribution in [0.4, 0.5) is 0 Å². The Bertz CT molecular complexity index is 1730. The highest BCUT2D eigenvalue weighted by atomic mass is 16.2. The first-order valence-corrected chi connectivity index (χ1v) is 13.8. The molecule has 0 atom stereocenters. The smallest absolute Gasteiger partial charge is 0.275 e. The van der Waals surface area contributed by atoms with Crippen molar-refractivity contribution >= 4 is 27.8 Å². The number of nitrogens with zero attached hydrogens (tertiary/aromatic N) is 6. The summed E-state index contributed by atoms with van der Waals surface area (Å²) in [5, 5.41) is 6.04.